The highest BCUT2D eigenvalue weighted by Gasteiger charge is 2.07. The maximum absolute atomic E-state index is 11.5. The molecule has 0 spiro atoms. The van der Waals surface area contributed by atoms with E-state index in [0.717, 1.165) is 5.56 Å². The zero-order valence-corrected chi connectivity index (χ0v) is 11.4. The van der Waals surface area contributed by atoms with Crippen molar-refractivity contribution in [1.82, 2.24) is 10.6 Å². The van der Waals surface area contributed by atoms with Gasteiger partial charge in [-0.05, 0) is 18.2 Å². The third-order valence-corrected chi connectivity index (χ3v) is 2.55. The normalized spacial score (nSPS) is 9.70. The molecule has 1 aromatic carbocycles. The second-order valence-electron chi connectivity index (χ2n) is 3.93. The number of carboxylic acid groups (broad SMARTS) is 1. The molecule has 7 heteroatoms. The number of methoxy groups -OCH3 is 2. The van der Waals surface area contributed by atoms with Gasteiger partial charge in [-0.1, -0.05) is 0 Å². The maximum atomic E-state index is 11.5. The van der Waals surface area contributed by atoms with E-state index in [1.54, 1.807) is 25.3 Å². The second kappa shape index (κ2) is 7.88. The molecule has 0 aromatic heterocycles. The summed E-state index contributed by atoms with van der Waals surface area (Å²) in [5, 5.41) is 13.5. The second-order valence-corrected chi connectivity index (χ2v) is 3.93. The largest absolute Gasteiger partial charge is 0.497 e. The first-order chi connectivity index (χ1) is 9.56. The summed E-state index contributed by atoms with van der Waals surface area (Å²) in [7, 11) is 3.09. The summed E-state index contributed by atoms with van der Waals surface area (Å²) in [4.78, 5) is 21.8. The molecule has 0 heterocycles. The summed E-state index contributed by atoms with van der Waals surface area (Å²) in [5.74, 6) is 0.338. The van der Waals surface area contributed by atoms with Crippen molar-refractivity contribution in [3.63, 3.8) is 0 Å². The van der Waals surface area contributed by atoms with Gasteiger partial charge in [-0.3, -0.25) is 4.79 Å². The number of amides is 2. The third kappa shape index (κ3) is 5.05. The quantitative estimate of drug-likeness (QED) is 0.692. The Morgan fingerprint density at radius 1 is 1.20 bits per heavy atom. The van der Waals surface area contributed by atoms with Crippen LogP contribution in [0.2, 0.25) is 0 Å². The summed E-state index contributed by atoms with van der Waals surface area (Å²) in [6, 6.07) is 4.83. The number of hydrogen-bond donors (Lipinski definition) is 3. The molecule has 0 fully saturated rings. The van der Waals surface area contributed by atoms with Crippen molar-refractivity contribution in [3.05, 3.63) is 23.8 Å². The van der Waals surface area contributed by atoms with Crippen molar-refractivity contribution >= 4 is 12.0 Å². The fourth-order valence-corrected chi connectivity index (χ4v) is 1.54. The van der Waals surface area contributed by atoms with Gasteiger partial charge in [0.05, 0.1) is 20.6 Å². The Morgan fingerprint density at radius 2 is 1.95 bits per heavy atom. The van der Waals surface area contributed by atoms with Gasteiger partial charge < -0.3 is 25.2 Å². The van der Waals surface area contributed by atoms with Gasteiger partial charge in [0.15, 0.2) is 0 Å². The monoisotopic (exact) mass is 282 g/mol. The van der Waals surface area contributed by atoms with E-state index in [0.29, 0.717) is 11.5 Å². The highest BCUT2D eigenvalue weighted by molar-refractivity contribution is 5.75. The number of nitrogens with one attached hydrogen (secondary N) is 2. The van der Waals surface area contributed by atoms with E-state index < -0.39 is 12.0 Å². The molecule has 0 saturated carbocycles. The molecular formula is C13H18N2O5. The van der Waals surface area contributed by atoms with Crippen LogP contribution in [0.25, 0.3) is 0 Å². The van der Waals surface area contributed by atoms with Crippen LogP contribution in [-0.4, -0.2) is 37.9 Å². The van der Waals surface area contributed by atoms with Crippen molar-refractivity contribution < 1.29 is 24.2 Å². The Morgan fingerprint density at radius 3 is 2.55 bits per heavy atom. The van der Waals surface area contributed by atoms with Gasteiger partial charge >= 0.3 is 12.0 Å². The molecular weight excluding hydrogens is 264 g/mol. The molecule has 7 nitrogen and oxygen atoms in total. The Balaban J connectivity index is 2.51. The van der Waals surface area contributed by atoms with Crippen LogP contribution < -0.4 is 20.1 Å². The first-order valence-electron chi connectivity index (χ1n) is 6.01. The van der Waals surface area contributed by atoms with Crippen LogP contribution in [0.5, 0.6) is 11.5 Å². The van der Waals surface area contributed by atoms with Crippen molar-refractivity contribution in [3.8, 4) is 11.5 Å². The number of carbonyl (C=O) groups is 2. The number of rotatable bonds is 7. The molecule has 0 radical (unpaired) electrons. The molecule has 0 aliphatic carbocycles. The van der Waals surface area contributed by atoms with Crippen LogP contribution >= 0.6 is 0 Å². The number of benzene rings is 1. The van der Waals surface area contributed by atoms with E-state index in [1.165, 1.54) is 7.11 Å². The van der Waals surface area contributed by atoms with Gasteiger partial charge in [0.25, 0.3) is 0 Å². The van der Waals surface area contributed by atoms with E-state index in [9.17, 15) is 9.59 Å². The molecule has 1 rings (SSSR count). The number of carbonyl (C=O) groups excluding carboxylic acids is 1. The molecule has 0 aliphatic heterocycles. The van der Waals surface area contributed by atoms with E-state index in [4.69, 9.17) is 14.6 Å². The zero-order valence-electron chi connectivity index (χ0n) is 11.4. The van der Waals surface area contributed by atoms with Gasteiger partial charge in [0.2, 0.25) is 0 Å². The number of aliphatic carboxylic acids is 1. The molecule has 0 aliphatic rings. The Hall–Kier alpha value is -2.44. The van der Waals surface area contributed by atoms with Crippen LogP contribution in [0.15, 0.2) is 18.2 Å². The van der Waals surface area contributed by atoms with Gasteiger partial charge in [0.1, 0.15) is 11.5 Å². The smallest absolute Gasteiger partial charge is 0.315 e. The van der Waals surface area contributed by atoms with Crippen LogP contribution in [0, 0.1) is 0 Å². The highest BCUT2D eigenvalue weighted by atomic mass is 16.5. The van der Waals surface area contributed by atoms with Crippen molar-refractivity contribution in [2.24, 2.45) is 0 Å². The maximum Gasteiger partial charge on any atom is 0.315 e. The number of urea groups is 1. The fraction of sp³-hybridized carbons (Fsp3) is 0.385. The lowest BCUT2D eigenvalue weighted by atomic mass is 10.2. The van der Waals surface area contributed by atoms with Gasteiger partial charge in [-0.25, -0.2) is 4.79 Å². The Bertz CT molecular complexity index is 476. The summed E-state index contributed by atoms with van der Waals surface area (Å²) in [5.41, 5.74) is 0.764. The SMILES string of the molecule is COc1ccc(OC)c(CNC(=O)NCCC(=O)O)c1. The fourth-order valence-electron chi connectivity index (χ4n) is 1.54. The predicted molar refractivity (Wildman–Crippen MR) is 72.0 cm³/mol. The lowest BCUT2D eigenvalue weighted by molar-refractivity contribution is -0.136. The first-order valence-corrected chi connectivity index (χ1v) is 6.01. The van der Waals surface area contributed by atoms with Crippen molar-refractivity contribution in [1.29, 1.82) is 0 Å². The zero-order chi connectivity index (χ0) is 15.0. The molecule has 110 valence electrons. The Labute approximate surface area is 116 Å². The van der Waals surface area contributed by atoms with E-state index >= 15 is 0 Å². The molecule has 1 aromatic rings. The van der Waals surface area contributed by atoms with Crippen LogP contribution in [0.4, 0.5) is 4.79 Å². The van der Waals surface area contributed by atoms with Gasteiger partial charge in [-0.2, -0.15) is 0 Å². The van der Waals surface area contributed by atoms with Gasteiger partial charge in [-0.15, -0.1) is 0 Å². The number of carboxylic acids is 1. The van der Waals surface area contributed by atoms with Crippen molar-refractivity contribution in [2.45, 2.75) is 13.0 Å². The topological polar surface area (TPSA) is 96.9 Å². The molecule has 2 amide bonds. The third-order valence-electron chi connectivity index (χ3n) is 2.55. The number of hydrogen-bond acceptors (Lipinski definition) is 4. The predicted octanol–water partition coefficient (Wildman–Crippen LogP) is 0.978. The minimum Gasteiger partial charge on any atom is -0.497 e. The molecule has 0 bridgehead atoms. The van der Waals surface area contributed by atoms with Crippen molar-refractivity contribution in [2.75, 3.05) is 20.8 Å². The Kier molecular flexibility index (Phi) is 6.15. The molecule has 0 saturated heterocycles. The summed E-state index contributed by atoms with van der Waals surface area (Å²) >= 11 is 0. The van der Waals surface area contributed by atoms with Gasteiger partial charge in [0, 0.05) is 18.7 Å². The molecule has 3 N–H and O–H groups in total. The molecule has 0 atom stereocenters. The van der Waals surface area contributed by atoms with Crippen LogP contribution in [-0.2, 0) is 11.3 Å². The summed E-state index contributed by atoms with van der Waals surface area (Å²) in [6.07, 6.45) is -0.115. The van der Waals surface area contributed by atoms with Crippen LogP contribution in [0.3, 0.4) is 0 Å². The lowest BCUT2D eigenvalue weighted by Gasteiger charge is -2.11. The summed E-state index contributed by atoms with van der Waals surface area (Å²) < 4.78 is 10.3. The van der Waals surface area contributed by atoms with E-state index in [-0.39, 0.29) is 19.5 Å². The standard InChI is InChI=1S/C13H18N2O5/c1-19-10-3-4-11(20-2)9(7-10)8-15-13(18)14-6-5-12(16)17/h3-4,7H,5-6,8H2,1-2H3,(H,16,17)(H2,14,15,18). The first kappa shape index (κ1) is 15.6. The highest BCUT2D eigenvalue weighted by Crippen LogP contribution is 2.23. The number of ether oxygens (including phenoxy) is 2. The lowest BCUT2D eigenvalue weighted by Crippen LogP contribution is -2.36. The average Bonchev–Trinajstić information content (AvgIpc) is 2.44. The molecule has 0 unspecified atom stereocenters. The summed E-state index contributed by atoms with van der Waals surface area (Å²) in [6.45, 7) is 0.329. The van der Waals surface area contributed by atoms with E-state index in [1.807, 2.05) is 0 Å². The minimum atomic E-state index is -0.959. The van der Waals surface area contributed by atoms with E-state index in [2.05, 4.69) is 10.6 Å². The average molecular weight is 282 g/mol. The molecule has 20 heavy (non-hydrogen) atoms. The minimum absolute atomic E-state index is 0.0798. The van der Waals surface area contributed by atoms with Crippen LogP contribution in [0.1, 0.15) is 12.0 Å².